The van der Waals surface area contributed by atoms with E-state index in [1.807, 2.05) is 0 Å². The van der Waals surface area contributed by atoms with Gasteiger partial charge < -0.3 is 5.11 Å². The monoisotopic (exact) mass is 312 g/mol. The van der Waals surface area contributed by atoms with Gasteiger partial charge in [-0.25, -0.2) is 18.2 Å². The first-order valence-electron chi connectivity index (χ1n) is 5.57. The molecule has 2 rings (SSSR count). The third kappa shape index (κ3) is 2.52. The van der Waals surface area contributed by atoms with Crippen molar-refractivity contribution in [3.8, 4) is 0 Å². The molecule has 1 N–H and O–H groups in total. The number of carbonyl (C=O) groups is 1. The number of aromatic carboxylic acids is 1. The van der Waals surface area contributed by atoms with Crippen LogP contribution in [0.1, 0.15) is 15.2 Å². The van der Waals surface area contributed by atoms with Crippen molar-refractivity contribution < 1.29 is 18.3 Å². The number of aromatic nitrogens is 1. The van der Waals surface area contributed by atoms with E-state index in [0.29, 0.717) is 5.56 Å². The fourth-order valence-electron chi connectivity index (χ4n) is 1.59. The van der Waals surface area contributed by atoms with E-state index in [1.54, 1.807) is 25.1 Å². The zero-order valence-corrected chi connectivity index (χ0v) is 12.4. The van der Waals surface area contributed by atoms with Crippen molar-refractivity contribution in [1.29, 1.82) is 0 Å². The molecular formula is C12H12N2O4S2. The highest BCUT2D eigenvalue weighted by Crippen LogP contribution is 2.29. The van der Waals surface area contributed by atoms with E-state index in [4.69, 9.17) is 5.11 Å². The minimum Gasteiger partial charge on any atom is -0.477 e. The van der Waals surface area contributed by atoms with Crippen molar-refractivity contribution in [2.24, 2.45) is 0 Å². The van der Waals surface area contributed by atoms with Crippen molar-refractivity contribution in [3.05, 3.63) is 40.9 Å². The van der Waals surface area contributed by atoms with Crippen LogP contribution in [0.4, 0.5) is 5.82 Å². The lowest BCUT2D eigenvalue weighted by Crippen LogP contribution is -2.26. The molecule has 20 heavy (non-hydrogen) atoms. The summed E-state index contributed by atoms with van der Waals surface area (Å²) in [6.45, 7) is 1.57. The predicted molar refractivity (Wildman–Crippen MR) is 75.8 cm³/mol. The Bertz CT molecular complexity index is 738. The van der Waals surface area contributed by atoms with Crippen molar-refractivity contribution in [1.82, 2.24) is 4.98 Å². The number of rotatable bonds is 4. The van der Waals surface area contributed by atoms with E-state index in [-0.39, 0.29) is 14.9 Å². The fourth-order valence-corrected chi connectivity index (χ4v) is 4.29. The lowest BCUT2D eigenvalue weighted by Gasteiger charge is -2.16. The molecule has 0 bridgehead atoms. The maximum Gasteiger partial charge on any atom is 0.346 e. The smallest absolute Gasteiger partial charge is 0.346 e. The highest BCUT2D eigenvalue weighted by atomic mass is 32.2. The first-order valence-corrected chi connectivity index (χ1v) is 7.83. The molecule has 0 aliphatic carbocycles. The van der Waals surface area contributed by atoms with Crippen LogP contribution < -0.4 is 4.31 Å². The topological polar surface area (TPSA) is 87.6 Å². The molecule has 0 spiro atoms. The molecule has 8 heteroatoms. The van der Waals surface area contributed by atoms with Gasteiger partial charge in [-0.3, -0.25) is 4.31 Å². The number of nitrogens with zero attached hydrogens (tertiary/aromatic N) is 2. The molecule has 2 heterocycles. The number of aryl methyl sites for hydroxylation is 1. The molecule has 0 radical (unpaired) electrons. The predicted octanol–water partition coefficient (Wildman–Crippen LogP) is 1.97. The summed E-state index contributed by atoms with van der Waals surface area (Å²) >= 11 is 0.741. The summed E-state index contributed by atoms with van der Waals surface area (Å²) in [6, 6.07) is 6.29. The van der Waals surface area contributed by atoms with Crippen LogP contribution in [0.15, 0.2) is 34.7 Å². The summed E-state index contributed by atoms with van der Waals surface area (Å²) in [5.41, 5.74) is 0.426. The second-order valence-electron chi connectivity index (χ2n) is 4.04. The zero-order chi connectivity index (χ0) is 14.9. The highest BCUT2D eigenvalue weighted by molar-refractivity contribution is 7.94. The van der Waals surface area contributed by atoms with Crippen LogP contribution in [0.3, 0.4) is 0 Å². The van der Waals surface area contributed by atoms with Gasteiger partial charge in [-0.2, -0.15) is 0 Å². The molecule has 0 unspecified atom stereocenters. The van der Waals surface area contributed by atoms with Gasteiger partial charge in [-0.05, 0) is 30.7 Å². The Kier molecular flexibility index (Phi) is 3.78. The van der Waals surface area contributed by atoms with E-state index in [9.17, 15) is 13.2 Å². The van der Waals surface area contributed by atoms with E-state index in [2.05, 4.69) is 4.98 Å². The van der Waals surface area contributed by atoms with Crippen LogP contribution in [0.5, 0.6) is 0 Å². The number of carboxylic acid groups (broad SMARTS) is 1. The zero-order valence-electron chi connectivity index (χ0n) is 10.8. The molecule has 2 aromatic heterocycles. The lowest BCUT2D eigenvalue weighted by molar-refractivity contribution is 0.0701. The number of anilines is 1. The van der Waals surface area contributed by atoms with Crippen LogP contribution in [0.25, 0.3) is 0 Å². The summed E-state index contributed by atoms with van der Waals surface area (Å²) in [5, 5.41) is 8.99. The number of thiophene rings is 1. The molecule has 0 saturated carbocycles. The number of carboxylic acids is 1. The van der Waals surface area contributed by atoms with Gasteiger partial charge >= 0.3 is 5.97 Å². The molecule has 0 saturated heterocycles. The normalized spacial score (nSPS) is 11.3. The van der Waals surface area contributed by atoms with E-state index >= 15 is 0 Å². The molecule has 0 amide bonds. The number of hydrogen-bond acceptors (Lipinski definition) is 5. The second-order valence-corrected chi connectivity index (χ2v) is 7.29. The van der Waals surface area contributed by atoms with Crippen molar-refractivity contribution >= 4 is 33.1 Å². The molecule has 0 fully saturated rings. The first-order chi connectivity index (χ1) is 9.34. The summed E-state index contributed by atoms with van der Waals surface area (Å²) in [7, 11) is -2.42. The van der Waals surface area contributed by atoms with Gasteiger partial charge in [0.2, 0.25) is 0 Å². The molecule has 0 aromatic carbocycles. The summed E-state index contributed by atoms with van der Waals surface area (Å²) in [5.74, 6) is -0.857. The van der Waals surface area contributed by atoms with Gasteiger partial charge in [-0.15, -0.1) is 11.3 Å². The highest BCUT2D eigenvalue weighted by Gasteiger charge is 2.26. The van der Waals surface area contributed by atoms with Crippen LogP contribution in [0, 0.1) is 6.92 Å². The van der Waals surface area contributed by atoms with Crippen molar-refractivity contribution in [2.45, 2.75) is 11.1 Å². The summed E-state index contributed by atoms with van der Waals surface area (Å²) < 4.78 is 25.9. The Balaban J connectivity index is 2.46. The van der Waals surface area contributed by atoms with Crippen LogP contribution in [-0.2, 0) is 10.0 Å². The summed E-state index contributed by atoms with van der Waals surface area (Å²) in [4.78, 5) is 15.0. The molecular weight excluding hydrogens is 300 g/mol. The van der Waals surface area contributed by atoms with Gasteiger partial charge in [0, 0.05) is 13.2 Å². The van der Waals surface area contributed by atoms with E-state index < -0.39 is 16.0 Å². The standard InChI is InChI=1S/C12H12N2O4S2/c1-8-7-10(19-11(8)12(15)16)20(17,18)14(2)9-5-3-4-6-13-9/h3-7H,1-2H3,(H,15,16). The molecule has 6 nitrogen and oxygen atoms in total. The van der Waals surface area contributed by atoms with Crippen LogP contribution in [-0.4, -0.2) is 31.5 Å². The number of hydrogen-bond donors (Lipinski definition) is 1. The Morgan fingerprint density at radius 3 is 2.60 bits per heavy atom. The van der Waals surface area contributed by atoms with Crippen molar-refractivity contribution in [2.75, 3.05) is 11.4 Å². The lowest BCUT2D eigenvalue weighted by atomic mass is 10.3. The molecule has 0 aliphatic heterocycles. The van der Waals surface area contributed by atoms with Gasteiger partial charge in [-0.1, -0.05) is 6.07 Å². The van der Waals surface area contributed by atoms with Crippen LogP contribution in [0.2, 0.25) is 0 Å². The SMILES string of the molecule is Cc1cc(S(=O)(=O)N(C)c2ccccn2)sc1C(=O)O. The largest absolute Gasteiger partial charge is 0.477 e. The molecule has 2 aromatic rings. The van der Waals surface area contributed by atoms with Gasteiger partial charge in [0.25, 0.3) is 10.0 Å². The first kappa shape index (κ1) is 14.5. The van der Waals surface area contributed by atoms with Crippen molar-refractivity contribution in [3.63, 3.8) is 0 Å². The molecule has 0 aliphatic rings. The quantitative estimate of drug-likeness (QED) is 0.932. The summed E-state index contributed by atoms with van der Waals surface area (Å²) in [6.07, 6.45) is 1.49. The van der Waals surface area contributed by atoms with Gasteiger partial charge in [0.15, 0.2) is 0 Å². The van der Waals surface area contributed by atoms with Crippen LogP contribution >= 0.6 is 11.3 Å². The minimum atomic E-state index is -3.80. The Labute approximate surface area is 120 Å². The van der Waals surface area contributed by atoms with E-state index in [1.165, 1.54) is 19.3 Å². The molecule has 106 valence electrons. The maximum absolute atomic E-state index is 12.4. The maximum atomic E-state index is 12.4. The second kappa shape index (κ2) is 5.22. The van der Waals surface area contributed by atoms with E-state index in [0.717, 1.165) is 15.6 Å². The third-order valence-electron chi connectivity index (χ3n) is 2.68. The van der Waals surface area contributed by atoms with Gasteiger partial charge in [0.1, 0.15) is 14.9 Å². The van der Waals surface area contributed by atoms with Gasteiger partial charge in [0.05, 0.1) is 0 Å². The number of sulfonamides is 1. The Morgan fingerprint density at radius 2 is 2.10 bits per heavy atom. The Hall–Kier alpha value is -1.93. The Morgan fingerprint density at radius 1 is 1.40 bits per heavy atom. The minimum absolute atomic E-state index is 0.0134. The molecule has 0 atom stereocenters. The number of pyridine rings is 1. The average molecular weight is 312 g/mol. The fraction of sp³-hybridized carbons (Fsp3) is 0.167. The third-order valence-corrected chi connectivity index (χ3v) is 6.11. The average Bonchev–Trinajstić information content (AvgIpc) is 2.82.